The molecular formula is C20H20N2O2S. The number of amides is 1. The lowest BCUT2D eigenvalue weighted by Gasteiger charge is -2.15. The van der Waals surface area contributed by atoms with Crippen LogP contribution in [0, 0.1) is 0 Å². The number of thiazole rings is 1. The molecule has 5 heteroatoms. The van der Waals surface area contributed by atoms with Crippen LogP contribution in [0.5, 0.6) is 0 Å². The van der Waals surface area contributed by atoms with Crippen molar-refractivity contribution in [3.05, 3.63) is 63.8 Å². The van der Waals surface area contributed by atoms with Gasteiger partial charge in [0.15, 0.2) is 0 Å². The molecule has 25 heavy (non-hydrogen) atoms. The monoisotopic (exact) mass is 352 g/mol. The number of hydrogen-bond acceptors (Lipinski definition) is 4. The summed E-state index contributed by atoms with van der Waals surface area (Å²) in [5.41, 5.74) is 2.89. The van der Waals surface area contributed by atoms with Crippen LogP contribution < -0.4 is 0 Å². The molecule has 1 aliphatic carbocycles. The SMILES string of the molecule is CN(Cc1nc2c(s1)CCCC2)C(=O)c1ccc(-c2ccco2)cc1. The maximum absolute atomic E-state index is 12.7. The fourth-order valence-electron chi connectivity index (χ4n) is 3.19. The van der Waals surface area contributed by atoms with E-state index in [9.17, 15) is 4.79 Å². The van der Waals surface area contributed by atoms with Gasteiger partial charge >= 0.3 is 0 Å². The lowest BCUT2D eigenvalue weighted by atomic mass is 10.0. The van der Waals surface area contributed by atoms with E-state index in [-0.39, 0.29) is 5.91 Å². The van der Waals surface area contributed by atoms with Crippen LogP contribution in [-0.4, -0.2) is 22.8 Å². The van der Waals surface area contributed by atoms with E-state index in [1.54, 1.807) is 22.5 Å². The molecule has 0 fully saturated rings. The molecule has 0 saturated carbocycles. The van der Waals surface area contributed by atoms with E-state index in [1.807, 2.05) is 43.4 Å². The summed E-state index contributed by atoms with van der Waals surface area (Å²) in [5.74, 6) is 0.819. The lowest BCUT2D eigenvalue weighted by Crippen LogP contribution is -2.26. The molecule has 0 aliphatic heterocycles. The highest BCUT2D eigenvalue weighted by atomic mass is 32.1. The maximum Gasteiger partial charge on any atom is 0.253 e. The fourth-order valence-corrected chi connectivity index (χ4v) is 4.40. The molecule has 1 aromatic carbocycles. The molecule has 0 unspecified atom stereocenters. The first-order valence-corrected chi connectivity index (χ1v) is 9.39. The first-order chi connectivity index (χ1) is 12.2. The van der Waals surface area contributed by atoms with Crippen LogP contribution in [0.25, 0.3) is 11.3 Å². The summed E-state index contributed by atoms with van der Waals surface area (Å²) >= 11 is 1.76. The Balaban J connectivity index is 1.45. The highest BCUT2D eigenvalue weighted by molar-refractivity contribution is 7.11. The highest BCUT2D eigenvalue weighted by Gasteiger charge is 2.18. The van der Waals surface area contributed by atoms with Gasteiger partial charge in [0, 0.05) is 23.1 Å². The molecule has 0 saturated heterocycles. The molecular weight excluding hydrogens is 332 g/mol. The smallest absolute Gasteiger partial charge is 0.253 e. The van der Waals surface area contributed by atoms with Gasteiger partial charge in [0.25, 0.3) is 5.91 Å². The third-order valence-corrected chi connectivity index (χ3v) is 5.69. The standard InChI is InChI=1S/C20H20N2O2S/c1-22(13-19-21-16-5-2-3-7-18(16)25-19)20(23)15-10-8-14(9-11-15)17-6-4-12-24-17/h4,6,8-12H,2-3,5,7,13H2,1H3. The first-order valence-electron chi connectivity index (χ1n) is 8.57. The van der Waals surface area contributed by atoms with Gasteiger partial charge in [-0.1, -0.05) is 12.1 Å². The van der Waals surface area contributed by atoms with Crippen LogP contribution in [0.4, 0.5) is 0 Å². The van der Waals surface area contributed by atoms with Gasteiger partial charge in [-0.2, -0.15) is 0 Å². The third-order valence-electron chi connectivity index (χ3n) is 4.55. The van der Waals surface area contributed by atoms with E-state index in [1.165, 1.54) is 23.4 Å². The van der Waals surface area contributed by atoms with Gasteiger partial charge in [-0.05, 0) is 49.9 Å². The number of benzene rings is 1. The summed E-state index contributed by atoms with van der Waals surface area (Å²) < 4.78 is 5.38. The molecule has 0 radical (unpaired) electrons. The number of rotatable bonds is 4. The summed E-state index contributed by atoms with van der Waals surface area (Å²) in [6.45, 7) is 0.566. The molecule has 0 atom stereocenters. The van der Waals surface area contributed by atoms with Gasteiger partial charge in [-0.3, -0.25) is 4.79 Å². The van der Waals surface area contributed by atoms with Gasteiger partial charge in [0.2, 0.25) is 0 Å². The highest BCUT2D eigenvalue weighted by Crippen LogP contribution is 2.27. The zero-order valence-electron chi connectivity index (χ0n) is 14.2. The Bertz CT molecular complexity index is 842. The molecule has 4 rings (SSSR count). The van der Waals surface area contributed by atoms with Crippen LogP contribution in [0.15, 0.2) is 47.1 Å². The Morgan fingerprint density at radius 2 is 2.00 bits per heavy atom. The van der Waals surface area contributed by atoms with E-state index >= 15 is 0 Å². The van der Waals surface area contributed by atoms with Gasteiger partial charge in [0.1, 0.15) is 10.8 Å². The molecule has 0 N–H and O–H groups in total. The van der Waals surface area contributed by atoms with Crippen LogP contribution in [-0.2, 0) is 19.4 Å². The normalized spacial score (nSPS) is 13.5. The number of furan rings is 1. The predicted molar refractivity (Wildman–Crippen MR) is 98.7 cm³/mol. The molecule has 0 spiro atoms. The minimum atomic E-state index is 0.0131. The topological polar surface area (TPSA) is 46.3 Å². The van der Waals surface area contributed by atoms with Crippen molar-refractivity contribution in [2.24, 2.45) is 0 Å². The largest absolute Gasteiger partial charge is 0.464 e. The van der Waals surface area contributed by atoms with E-state index in [0.717, 1.165) is 29.2 Å². The lowest BCUT2D eigenvalue weighted by molar-refractivity contribution is 0.0785. The van der Waals surface area contributed by atoms with Crippen molar-refractivity contribution in [2.45, 2.75) is 32.2 Å². The summed E-state index contributed by atoms with van der Waals surface area (Å²) in [6.07, 6.45) is 6.35. The molecule has 1 aliphatic rings. The van der Waals surface area contributed by atoms with E-state index < -0.39 is 0 Å². The Morgan fingerprint density at radius 1 is 1.20 bits per heavy atom. The average molecular weight is 352 g/mol. The zero-order valence-corrected chi connectivity index (χ0v) is 15.0. The van der Waals surface area contributed by atoms with Gasteiger partial charge in [-0.25, -0.2) is 4.98 Å². The summed E-state index contributed by atoms with van der Waals surface area (Å²) in [5, 5.41) is 1.04. The molecule has 2 heterocycles. The summed E-state index contributed by atoms with van der Waals surface area (Å²) in [7, 11) is 1.84. The second-order valence-corrected chi connectivity index (χ2v) is 7.57. The molecule has 0 bridgehead atoms. The van der Waals surface area contributed by atoms with Crippen molar-refractivity contribution in [2.75, 3.05) is 7.05 Å². The van der Waals surface area contributed by atoms with E-state index in [4.69, 9.17) is 9.40 Å². The van der Waals surface area contributed by atoms with Crippen LogP contribution in [0.2, 0.25) is 0 Å². The van der Waals surface area contributed by atoms with E-state index in [2.05, 4.69) is 0 Å². The molecule has 2 aromatic heterocycles. The van der Waals surface area contributed by atoms with Crippen LogP contribution >= 0.6 is 11.3 Å². The van der Waals surface area contributed by atoms with Crippen molar-refractivity contribution < 1.29 is 9.21 Å². The molecule has 4 nitrogen and oxygen atoms in total. The second kappa shape index (κ2) is 6.84. The quantitative estimate of drug-likeness (QED) is 0.692. The van der Waals surface area contributed by atoms with Crippen LogP contribution in [0.3, 0.4) is 0 Å². The first kappa shape index (κ1) is 16.1. The number of carbonyl (C=O) groups is 1. The Morgan fingerprint density at radius 3 is 2.72 bits per heavy atom. The fraction of sp³-hybridized carbons (Fsp3) is 0.300. The number of aromatic nitrogens is 1. The molecule has 3 aromatic rings. The van der Waals surface area contributed by atoms with Crippen LogP contribution in [0.1, 0.15) is 38.8 Å². The molecule has 1 amide bonds. The van der Waals surface area contributed by atoms with E-state index in [0.29, 0.717) is 12.1 Å². The van der Waals surface area contributed by atoms with Gasteiger partial charge < -0.3 is 9.32 Å². The number of aryl methyl sites for hydroxylation is 2. The summed E-state index contributed by atoms with van der Waals surface area (Å²) in [6, 6.07) is 11.3. The predicted octanol–water partition coefficient (Wildman–Crippen LogP) is 4.55. The number of hydrogen-bond donors (Lipinski definition) is 0. The third kappa shape index (κ3) is 3.37. The van der Waals surface area contributed by atoms with Crippen molar-refractivity contribution in [1.82, 2.24) is 9.88 Å². The van der Waals surface area contributed by atoms with Crippen molar-refractivity contribution in [1.29, 1.82) is 0 Å². The molecule has 128 valence electrons. The zero-order chi connectivity index (χ0) is 17.2. The van der Waals surface area contributed by atoms with Gasteiger partial charge in [0.05, 0.1) is 18.5 Å². The van der Waals surface area contributed by atoms with Crippen molar-refractivity contribution in [3.8, 4) is 11.3 Å². The minimum Gasteiger partial charge on any atom is -0.464 e. The minimum absolute atomic E-state index is 0.0131. The summed E-state index contributed by atoms with van der Waals surface area (Å²) in [4.78, 5) is 20.5. The average Bonchev–Trinajstić information content (AvgIpc) is 3.30. The van der Waals surface area contributed by atoms with Crippen molar-refractivity contribution in [3.63, 3.8) is 0 Å². The number of carbonyl (C=O) groups excluding carboxylic acids is 1. The second-order valence-electron chi connectivity index (χ2n) is 6.40. The number of nitrogens with zero attached hydrogens (tertiary/aromatic N) is 2. The Labute approximate surface area is 151 Å². The van der Waals surface area contributed by atoms with Crippen molar-refractivity contribution >= 4 is 17.2 Å². The number of fused-ring (bicyclic) bond motifs is 1. The maximum atomic E-state index is 12.7. The van der Waals surface area contributed by atoms with Gasteiger partial charge in [-0.15, -0.1) is 11.3 Å². The Kier molecular flexibility index (Phi) is 4.40. The Hall–Kier alpha value is -2.40.